The van der Waals surface area contributed by atoms with Gasteiger partial charge in [0.2, 0.25) is 0 Å². The molecule has 96 valence electrons. The van der Waals surface area contributed by atoms with Crippen LogP contribution in [0.2, 0.25) is 0 Å². The molecule has 0 amide bonds. The average molecular weight is 259 g/mol. The number of nitrogens with zero attached hydrogens (tertiary/aromatic N) is 1. The molecular formula is C18H13NO. The number of pyridine rings is 1. The normalized spacial score (nSPS) is 11.0. The predicted molar refractivity (Wildman–Crippen MR) is 81.5 cm³/mol. The van der Waals surface area contributed by atoms with Crippen LogP contribution in [0, 0.1) is 0 Å². The first kappa shape index (κ1) is 12.3. The Balaban J connectivity index is 1.94. The number of rotatable bonds is 3. The second-order valence-electron chi connectivity index (χ2n) is 4.51. The monoisotopic (exact) mass is 259 g/mol. The van der Waals surface area contributed by atoms with Gasteiger partial charge >= 0.3 is 0 Å². The minimum absolute atomic E-state index is 0.0361. The minimum atomic E-state index is -0.0361. The summed E-state index contributed by atoms with van der Waals surface area (Å²) in [5, 5.41) is 2.31. The van der Waals surface area contributed by atoms with Gasteiger partial charge in [-0.3, -0.25) is 9.78 Å². The quantitative estimate of drug-likeness (QED) is 0.523. The average Bonchev–Trinajstić information content (AvgIpc) is 2.53. The number of hydrogen-bond acceptors (Lipinski definition) is 2. The second kappa shape index (κ2) is 5.49. The molecule has 20 heavy (non-hydrogen) atoms. The summed E-state index contributed by atoms with van der Waals surface area (Å²) in [5.41, 5.74) is 1.64. The van der Waals surface area contributed by atoms with Crippen molar-refractivity contribution in [1.29, 1.82) is 0 Å². The number of carbonyl (C=O) groups is 1. The molecule has 0 radical (unpaired) electrons. The number of allylic oxidation sites excluding steroid dienone is 1. The van der Waals surface area contributed by atoms with Crippen molar-refractivity contribution < 1.29 is 4.79 Å². The molecule has 3 aromatic rings. The van der Waals surface area contributed by atoms with Crippen molar-refractivity contribution in [1.82, 2.24) is 4.98 Å². The number of hydrogen-bond donors (Lipinski definition) is 0. The molecule has 0 spiro atoms. The fourth-order valence-corrected chi connectivity index (χ4v) is 2.17. The Kier molecular flexibility index (Phi) is 3.38. The fourth-order valence-electron chi connectivity index (χ4n) is 2.17. The number of carbonyl (C=O) groups excluding carboxylic acids is 1. The summed E-state index contributed by atoms with van der Waals surface area (Å²) in [6.45, 7) is 0. The molecule has 0 bridgehead atoms. The Morgan fingerprint density at radius 3 is 2.65 bits per heavy atom. The molecule has 0 aliphatic heterocycles. The third-order valence-corrected chi connectivity index (χ3v) is 3.18. The summed E-state index contributed by atoms with van der Waals surface area (Å²) < 4.78 is 0. The number of aromatic nitrogens is 1. The SMILES string of the molecule is O=C(/C=C/c1cccc2ccccc12)c1cccnc1. The lowest BCUT2D eigenvalue weighted by atomic mass is 10.0. The molecule has 2 nitrogen and oxygen atoms in total. The maximum Gasteiger partial charge on any atom is 0.187 e. The van der Waals surface area contributed by atoms with Gasteiger partial charge in [-0.1, -0.05) is 48.5 Å². The van der Waals surface area contributed by atoms with Gasteiger partial charge in [-0.2, -0.15) is 0 Å². The maximum atomic E-state index is 12.0. The highest BCUT2D eigenvalue weighted by Gasteiger charge is 2.01. The van der Waals surface area contributed by atoms with Crippen LogP contribution in [0.25, 0.3) is 16.8 Å². The Morgan fingerprint density at radius 1 is 0.950 bits per heavy atom. The first-order valence-corrected chi connectivity index (χ1v) is 6.45. The van der Waals surface area contributed by atoms with E-state index in [0.29, 0.717) is 5.56 Å². The van der Waals surface area contributed by atoms with Crippen molar-refractivity contribution in [2.24, 2.45) is 0 Å². The number of ketones is 1. The summed E-state index contributed by atoms with van der Waals surface area (Å²) in [6.07, 6.45) is 6.69. The lowest BCUT2D eigenvalue weighted by Crippen LogP contribution is -1.94. The topological polar surface area (TPSA) is 30.0 Å². The van der Waals surface area contributed by atoms with Gasteiger partial charge in [-0.25, -0.2) is 0 Å². The molecule has 3 rings (SSSR count). The van der Waals surface area contributed by atoms with E-state index >= 15 is 0 Å². The van der Waals surface area contributed by atoms with Crippen LogP contribution in [-0.4, -0.2) is 10.8 Å². The number of benzene rings is 2. The lowest BCUT2D eigenvalue weighted by molar-refractivity contribution is 0.104. The van der Waals surface area contributed by atoms with E-state index in [1.165, 1.54) is 5.39 Å². The predicted octanol–water partition coefficient (Wildman–Crippen LogP) is 4.13. The van der Waals surface area contributed by atoms with E-state index in [0.717, 1.165) is 10.9 Å². The van der Waals surface area contributed by atoms with Crippen LogP contribution in [0.5, 0.6) is 0 Å². The molecule has 1 heterocycles. The minimum Gasteiger partial charge on any atom is -0.289 e. The summed E-state index contributed by atoms with van der Waals surface area (Å²) >= 11 is 0. The largest absolute Gasteiger partial charge is 0.289 e. The molecule has 0 aliphatic carbocycles. The molecule has 0 fully saturated rings. The van der Waals surface area contributed by atoms with Gasteiger partial charge in [0.25, 0.3) is 0 Å². The molecule has 0 unspecified atom stereocenters. The van der Waals surface area contributed by atoms with Crippen LogP contribution in [0.15, 0.2) is 73.1 Å². The fraction of sp³-hybridized carbons (Fsp3) is 0. The molecular weight excluding hydrogens is 246 g/mol. The van der Waals surface area contributed by atoms with Gasteiger partial charge in [-0.05, 0) is 34.5 Å². The Morgan fingerprint density at radius 2 is 1.80 bits per heavy atom. The van der Waals surface area contributed by atoms with Gasteiger partial charge in [0.15, 0.2) is 5.78 Å². The van der Waals surface area contributed by atoms with Gasteiger partial charge in [-0.15, -0.1) is 0 Å². The standard InChI is InChI=1S/C18H13NO/c20-18(16-8-4-12-19-13-16)11-10-15-7-3-6-14-5-1-2-9-17(14)15/h1-13H/b11-10+. The van der Waals surface area contributed by atoms with Crippen LogP contribution < -0.4 is 0 Å². The van der Waals surface area contributed by atoms with E-state index in [4.69, 9.17) is 0 Å². The van der Waals surface area contributed by atoms with Crippen molar-refractivity contribution >= 4 is 22.6 Å². The van der Waals surface area contributed by atoms with Gasteiger partial charge in [0, 0.05) is 18.0 Å². The highest BCUT2D eigenvalue weighted by molar-refractivity contribution is 6.07. The van der Waals surface area contributed by atoms with E-state index in [1.807, 2.05) is 30.3 Å². The Hall–Kier alpha value is -2.74. The third-order valence-electron chi connectivity index (χ3n) is 3.18. The van der Waals surface area contributed by atoms with Crippen LogP contribution in [-0.2, 0) is 0 Å². The van der Waals surface area contributed by atoms with Crippen LogP contribution in [0.3, 0.4) is 0 Å². The Bertz CT molecular complexity index is 770. The summed E-state index contributed by atoms with van der Waals surface area (Å²) in [6, 6.07) is 17.7. The molecule has 0 N–H and O–H groups in total. The Labute approximate surface area is 117 Å². The van der Waals surface area contributed by atoms with Crippen molar-refractivity contribution in [3.05, 3.63) is 84.2 Å². The molecule has 1 aromatic heterocycles. The first-order chi connectivity index (χ1) is 9.84. The first-order valence-electron chi connectivity index (χ1n) is 6.45. The molecule has 0 atom stereocenters. The second-order valence-corrected chi connectivity index (χ2v) is 4.51. The zero-order chi connectivity index (χ0) is 13.8. The van der Waals surface area contributed by atoms with E-state index in [9.17, 15) is 4.79 Å². The zero-order valence-corrected chi connectivity index (χ0v) is 10.9. The summed E-state index contributed by atoms with van der Waals surface area (Å²) in [7, 11) is 0. The lowest BCUT2D eigenvalue weighted by Gasteiger charge is -2.01. The molecule has 0 saturated heterocycles. The summed E-state index contributed by atoms with van der Waals surface area (Å²) in [4.78, 5) is 16.0. The van der Waals surface area contributed by atoms with Crippen LogP contribution in [0.1, 0.15) is 15.9 Å². The van der Waals surface area contributed by atoms with Gasteiger partial charge < -0.3 is 0 Å². The van der Waals surface area contributed by atoms with Gasteiger partial charge in [0.1, 0.15) is 0 Å². The maximum absolute atomic E-state index is 12.0. The highest BCUT2D eigenvalue weighted by Crippen LogP contribution is 2.19. The van der Waals surface area contributed by atoms with E-state index < -0.39 is 0 Å². The smallest absolute Gasteiger partial charge is 0.187 e. The van der Waals surface area contributed by atoms with Crippen molar-refractivity contribution in [2.75, 3.05) is 0 Å². The van der Waals surface area contributed by atoms with Crippen molar-refractivity contribution in [2.45, 2.75) is 0 Å². The summed E-state index contributed by atoms with van der Waals surface area (Å²) in [5.74, 6) is -0.0361. The molecule has 2 heteroatoms. The van der Waals surface area contributed by atoms with E-state index in [2.05, 4.69) is 23.2 Å². The van der Waals surface area contributed by atoms with E-state index in [-0.39, 0.29) is 5.78 Å². The molecule has 2 aromatic carbocycles. The van der Waals surface area contributed by atoms with Crippen molar-refractivity contribution in [3.63, 3.8) is 0 Å². The third kappa shape index (κ3) is 2.50. The van der Waals surface area contributed by atoms with Crippen molar-refractivity contribution in [3.8, 4) is 0 Å². The van der Waals surface area contributed by atoms with Crippen LogP contribution >= 0.6 is 0 Å². The van der Waals surface area contributed by atoms with E-state index in [1.54, 1.807) is 30.6 Å². The zero-order valence-electron chi connectivity index (χ0n) is 10.9. The highest BCUT2D eigenvalue weighted by atomic mass is 16.1. The molecule has 0 aliphatic rings. The van der Waals surface area contributed by atoms with Crippen LogP contribution in [0.4, 0.5) is 0 Å². The molecule has 0 saturated carbocycles. The number of fused-ring (bicyclic) bond motifs is 1. The van der Waals surface area contributed by atoms with Gasteiger partial charge in [0.05, 0.1) is 0 Å².